The van der Waals surface area contributed by atoms with Crippen LogP contribution in [-0.4, -0.2) is 48.2 Å². The lowest BCUT2D eigenvalue weighted by Crippen LogP contribution is -2.36. The zero-order chi connectivity index (χ0) is 20.3. The van der Waals surface area contributed by atoms with Gasteiger partial charge >= 0.3 is 5.97 Å². The topological polar surface area (TPSA) is 122 Å². The first-order valence-corrected chi connectivity index (χ1v) is 8.63. The first kappa shape index (κ1) is 19.3. The predicted octanol–water partition coefficient (Wildman–Crippen LogP) is 2.69. The zero-order valence-electron chi connectivity index (χ0n) is 15.2. The standard InChI is InChI=1S/C19H19N3O6/c1-12-2-3-14(19(24)25)10-15(12)20-18(23)13-4-5-16(17(11-13)22(26)27)21-6-8-28-9-7-21/h2-5,10-11H,6-9H2,1H3,(H,20,23)(H,24,25). The molecule has 2 N–H and O–H groups in total. The van der Waals surface area contributed by atoms with E-state index in [1.807, 2.05) is 4.90 Å². The number of carbonyl (C=O) groups is 2. The van der Waals surface area contributed by atoms with Crippen molar-refractivity contribution >= 4 is 28.9 Å². The number of aryl methyl sites for hydroxylation is 1. The molecule has 0 atom stereocenters. The number of anilines is 2. The second kappa shape index (κ2) is 8.05. The van der Waals surface area contributed by atoms with Gasteiger partial charge in [0, 0.05) is 30.4 Å². The second-order valence-electron chi connectivity index (χ2n) is 6.35. The normalized spacial score (nSPS) is 13.8. The largest absolute Gasteiger partial charge is 0.478 e. The second-order valence-corrected chi connectivity index (χ2v) is 6.35. The Morgan fingerprint density at radius 1 is 1.14 bits per heavy atom. The van der Waals surface area contributed by atoms with Crippen molar-refractivity contribution in [1.82, 2.24) is 0 Å². The van der Waals surface area contributed by atoms with E-state index in [0.29, 0.717) is 43.2 Å². The molecule has 2 aromatic rings. The average molecular weight is 385 g/mol. The highest BCUT2D eigenvalue weighted by Crippen LogP contribution is 2.30. The van der Waals surface area contributed by atoms with Crippen molar-refractivity contribution in [1.29, 1.82) is 0 Å². The van der Waals surface area contributed by atoms with Crippen LogP contribution in [0.2, 0.25) is 0 Å². The van der Waals surface area contributed by atoms with Crippen molar-refractivity contribution in [3.63, 3.8) is 0 Å². The van der Waals surface area contributed by atoms with Gasteiger partial charge in [-0.25, -0.2) is 4.79 Å². The number of benzene rings is 2. The van der Waals surface area contributed by atoms with E-state index in [-0.39, 0.29) is 16.8 Å². The summed E-state index contributed by atoms with van der Waals surface area (Å²) in [5.74, 6) is -1.66. The van der Waals surface area contributed by atoms with E-state index in [9.17, 15) is 19.7 Å². The summed E-state index contributed by atoms with van der Waals surface area (Å²) in [6, 6.07) is 8.68. The Bertz CT molecular complexity index is 937. The van der Waals surface area contributed by atoms with E-state index in [0.717, 1.165) is 0 Å². The number of amides is 1. The van der Waals surface area contributed by atoms with Gasteiger partial charge in [-0.3, -0.25) is 14.9 Å². The summed E-state index contributed by atoms with van der Waals surface area (Å²) in [6.45, 7) is 3.77. The highest BCUT2D eigenvalue weighted by molar-refractivity contribution is 6.06. The molecule has 1 amide bonds. The molecule has 0 radical (unpaired) electrons. The van der Waals surface area contributed by atoms with Crippen LogP contribution >= 0.6 is 0 Å². The van der Waals surface area contributed by atoms with Crippen molar-refractivity contribution in [2.24, 2.45) is 0 Å². The van der Waals surface area contributed by atoms with E-state index in [1.54, 1.807) is 19.1 Å². The molecule has 2 aromatic carbocycles. The van der Waals surface area contributed by atoms with Crippen LogP contribution < -0.4 is 10.2 Å². The number of hydrogen-bond acceptors (Lipinski definition) is 6. The number of carboxylic acids is 1. The summed E-state index contributed by atoms with van der Waals surface area (Å²) in [4.78, 5) is 36.6. The van der Waals surface area contributed by atoms with Gasteiger partial charge in [0.15, 0.2) is 0 Å². The summed E-state index contributed by atoms with van der Waals surface area (Å²) < 4.78 is 5.27. The molecule has 1 saturated heterocycles. The summed E-state index contributed by atoms with van der Waals surface area (Å²) in [6.07, 6.45) is 0. The van der Waals surface area contributed by atoms with Crippen molar-refractivity contribution in [3.8, 4) is 0 Å². The van der Waals surface area contributed by atoms with Crippen LogP contribution in [0, 0.1) is 17.0 Å². The van der Waals surface area contributed by atoms with E-state index in [4.69, 9.17) is 9.84 Å². The molecule has 0 bridgehead atoms. The van der Waals surface area contributed by atoms with E-state index >= 15 is 0 Å². The number of carbonyl (C=O) groups excluding carboxylic acids is 1. The first-order chi connectivity index (χ1) is 13.4. The molecule has 1 heterocycles. The number of rotatable bonds is 5. The zero-order valence-corrected chi connectivity index (χ0v) is 15.2. The van der Waals surface area contributed by atoms with Crippen LogP contribution in [0.25, 0.3) is 0 Å². The third-order valence-corrected chi connectivity index (χ3v) is 4.52. The van der Waals surface area contributed by atoms with Gasteiger partial charge in [0.05, 0.1) is 23.7 Å². The Labute approximate surface area is 160 Å². The fourth-order valence-electron chi connectivity index (χ4n) is 2.97. The molecule has 9 heteroatoms. The molecule has 1 aliphatic heterocycles. The van der Waals surface area contributed by atoms with Crippen molar-refractivity contribution < 1.29 is 24.4 Å². The van der Waals surface area contributed by atoms with Gasteiger partial charge in [-0.15, -0.1) is 0 Å². The Hall–Kier alpha value is -3.46. The molecule has 0 spiro atoms. The third-order valence-electron chi connectivity index (χ3n) is 4.52. The Morgan fingerprint density at radius 3 is 2.46 bits per heavy atom. The van der Waals surface area contributed by atoms with Gasteiger partial charge in [0.1, 0.15) is 5.69 Å². The molecular formula is C19H19N3O6. The van der Waals surface area contributed by atoms with Gasteiger partial charge in [0.2, 0.25) is 0 Å². The smallest absolute Gasteiger partial charge is 0.335 e. The third kappa shape index (κ3) is 4.09. The number of ether oxygens (including phenoxy) is 1. The fraction of sp³-hybridized carbons (Fsp3) is 0.263. The fourth-order valence-corrected chi connectivity index (χ4v) is 2.97. The van der Waals surface area contributed by atoms with Gasteiger partial charge in [-0.2, -0.15) is 0 Å². The Morgan fingerprint density at radius 2 is 1.82 bits per heavy atom. The maximum Gasteiger partial charge on any atom is 0.335 e. The van der Waals surface area contributed by atoms with Gasteiger partial charge in [-0.05, 0) is 36.8 Å². The van der Waals surface area contributed by atoms with E-state index < -0.39 is 16.8 Å². The number of carboxylic acid groups (broad SMARTS) is 1. The lowest BCUT2D eigenvalue weighted by atomic mass is 10.1. The predicted molar refractivity (Wildman–Crippen MR) is 102 cm³/mol. The number of nitrogens with zero attached hydrogens (tertiary/aromatic N) is 2. The molecule has 1 fully saturated rings. The quantitative estimate of drug-likeness (QED) is 0.599. The molecule has 28 heavy (non-hydrogen) atoms. The number of hydrogen-bond donors (Lipinski definition) is 2. The molecule has 3 rings (SSSR count). The number of nitro groups is 1. The van der Waals surface area contributed by atoms with Crippen molar-refractivity contribution in [2.45, 2.75) is 6.92 Å². The van der Waals surface area contributed by atoms with Gasteiger partial charge < -0.3 is 20.1 Å². The Balaban J connectivity index is 1.88. The van der Waals surface area contributed by atoms with E-state index in [1.165, 1.54) is 24.3 Å². The van der Waals surface area contributed by atoms with Crippen LogP contribution in [-0.2, 0) is 4.74 Å². The van der Waals surface area contributed by atoms with Gasteiger partial charge in [0.25, 0.3) is 11.6 Å². The van der Waals surface area contributed by atoms with Crippen LogP contribution in [0.3, 0.4) is 0 Å². The highest BCUT2D eigenvalue weighted by Gasteiger charge is 2.23. The van der Waals surface area contributed by atoms with Crippen LogP contribution in [0.4, 0.5) is 17.1 Å². The number of nitrogens with one attached hydrogen (secondary N) is 1. The molecule has 0 aliphatic carbocycles. The maximum atomic E-state index is 12.6. The minimum absolute atomic E-state index is 0.0366. The van der Waals surface area contributed by atoms with Crippen LogP contribution in [0.1, 0.15) is 26.3 Å². The van der Waals surface area contributed by atoms with Crippen LogP contribution in [0.15, 0.2) is 36.4 Å². The molecule has 1 aliphatic rings. The number of aromatic carboxylic acids is 1. The molecule has 0 saturated carbocycles. The minimum Gasteiger partial charge on any atom is -0.478 e. The van der Waals surface area contributed by atoms with Crippen molar-refractivity contribution in [2.75, 3.05) is 36.5 Å². The van der Waals surface area contributed by atoms with E-state index in [2.05, 4.69) is 5.32 Å². The molecule has 0 aromatic heterocycles. The monoisotopic (exact) mass is 385 g/mol. The van der Waals surface area contributed by atoms with Crippen LogP contribution in [0.5, 0.6) is 0 Å². The Kier molecular flexibility index (Phi) is 5.55. The molecule has 9 nitrogen and oxygen atoms in total. The summed E-state index contributed by atoms with van der Waals surface area (Å²) in [5, 5.41) is 23.3. The minimum atomic E-state index is -1.11. The number of morpholine rings is 1. The summed E-state index contributed by atoms with van der Waals surface area (Å²) in [5.41, 5.74) is 1.44. The average Bonchev–Trinajstić information content (AvgIpc) is 2.69. The first-order valence-electron chi connectivity index (χ1n) is 8.63. The summed E-state index contributed by atoms with van der Waals surface area (Å²) >= 11 is 0. The molecular weight excluding hydrogens is 366 g/mol. The van der Waals surface area contributed by atoms with Gasteiger partial charge in [-0.1, -0.05) is 6.07 Å². The lowest BCUT2D eigenvalue weighted by Gasteiger charge is -2.28. The lowest BCUT2D eigenvalue weighted by molar-refractivity contribution is -0.384. The van der Waals surface area contributed by atoms with Crippen molar-refractivity contribution in [3.05, 3.63) is 63.2 Å². The highest BCUT2D eigenvalue weighted by atomic mass is 16.6. The maximum absolute atomic E-state index is 12.6. The molecule has 0 unspecified atom stereocenters. The molecule has 146 valence electrons. The SMILES string of the molecule is Cc1ccc(C(=O)O)cc1NC(=O)c1ccc(N2CCOCC2)c([N+](=O)[O-])c1. The summed E-state index contributed by atoms with van der Waals surface area (Å²) in [7, 11) is 0. The number of nitro benzene ring substituents is 1.